The number of amides is 1. The van der Waals surface area contributed by atoms with E-state index in [1.54, 1.807) is 36.7 Å². The zero-order chi connectivity index (χ0) is 19.3. The Kier molecular flexibility index (Phi) is 5.80. The molecular formula is C18H21N3O5S. The molecule has 1 N–H and O–H groups in total. The van der Waals surface area contributed by atoms with Crippen LogP contribution in [0.3, 0.4) is 0 Å². The highest BCUT2D eigenvalue weighted by molar-refractivity contribution is 7.92. The third kappa shape index (κ3) is 5.10. The highest BCUT2D eigenvalue weighted by atomic mass is 32.2. The molecule has 144 valence electrons. The van der Waals surface area contributed by atoms with Crippen molar-refractivity contribution in [2.24, 2.45) is 0 Å². The molecule has 0 radical (unpaired) electrons. The van der Waals surface area contributed by atoms with Crippen molar-refractivity contribution in [3.63, 3.8) is 0 Å². The number of hydrogen-bond acceptors (Lipinski definition) is 6. The number of rotatable bonds is 7. The monoisotopic (exact) mass is 391 g/mol. The fourth-order valence-electron chi connectivity index (χ4n) is 2.67. The summed E-state index contributed by atoms with van der Waals surface area (Å²) in [6.07, 6.45) is 4.46. The van der Waals surface area contributed by atoms with E-state index >= 15 is 0 Å². The normalized spacial score (nSPS) is 13.1. The van der Waals surface area contributed by atoms with E-state index in [-0.39, 0.29) is 18.9 Å². The summed E-state index contributed by atoms with van der Waals surface area (Å²) >= 11 is 0. The first-order valence-electron chi connectivity index (χ1n) is 8.46. The minimum Gasteiger partial charge on any atom is -0.486 e. The van der Waals surface area contributed by atoms with E-state index in [2.05, 4.69) is 10.3 Å². The fourth-order valence-corrected chi connectivity index (χ4v) is 3.59. The third-order valence-corrected chi connectivity index (χ3v) is 5.16. The number of anilines is 1. The molecule has 2 heterocycles. The van der Waals surface area contributed by atoms with Crippen LogP contribution in [0.5, 0.6) is 11.5 Å². The van der Waals surface area contributed by atoms with Gasteiger partial charge in [0.05, 0.1) is 11.9 Å². The number of carbonyl (C=O) groups excluding carboxylic acids is 1. The molecule has 1 amide bonds. The molecule has 1 aromatic heterocycles. The lowest BCUT2D eigenvalue weighted by molar-refractivity contribution is -0.121. The Morgan fingerprint density at radius 1 is 1.22 bits per heavy atom. The molecule has 0 aliphatic carbocycles. The van der Waals surface area contributed by atoms with Gasteiger partial charge in [-0.1, -0.05) is 6.07 Å². The quantitative estimate of drug-likeness (QED) is 0.765. The molecule has 0 spiro atoms. The van der Waals surface area contributed by atoms with Crippen LogP contribution >= 0.6 is 0 Å². The molecule has 0 fully saturated rings. The molecular weight excluding hydrogens is 370 g/mol. The largest absolute Gasteiger partial charge is 0.486 e. The summed E-state index contributed by atoms with van der Waals surface area (Å²) in [7, 11) is -3.56. The van der Waals surface area contributed by atoms with Gasteiger partial charge < -0.3 is 14.8 Å². The van der Waals surface area contributed by atoms with Gasteiger partial charge in [0.2, 0.25) is 15.9 Å². The fraction of sp³-hybridized carbons (Fsp3) is 0.333. The number of aromatic nitrogens is 1. The van der Waals surface area contributed by atoms with Gasteiger partial charge >= 0.3 is 0 Å². The number of carbonyl (C=O) groups is 1. The maximum Gasteiger partial charge on any atom is 0.232 e. The van der Waals surface area contributed by atoms with Crippen molar-refractivity contribution in [1.82, 2.24) is 10.3 Å². The summed E-state index contributed by atoms with van der Waals surface area (Å²) < 4.78 is 36.6. The second kappa shape index (κ2) is 8.26. The second-order valence-electron chi connectivity index (χ2n) is 6.05. The first kappa shape index (κ1) is 19.0. The lowest BCUT2D eigenvalue weighted by Crippen LogP contribution is -2.34. The van der Waals surface area contributed by atoms with Crippen LogP contribution in [0.15, 0.2) is 42.7 Å². The van der Waals surface area contributed by atoms with Gasteiger partial charge in [-0.05, 0) is 23.8 Å². The summed E-state index contributed by atoms with van der Waals surface area (Å²) in [4.78, 5) is 16.1. The van der Waals surface area contributed by atoms with Gasteiger partial charge in [0.15, 0.2) is 11.5 Å². The van der Waals surface area contributed by atoms with Crippen LogP contribution in [-0.2, 0) is 21.4 Å². The van der Waals surface area contributed by atoms with Crippen LogP contribution in [0.2, 0.25) is 0 Å². The van der Waals surface area contributed by atoms with Crippen LogP contribution in [0, 0.1) is 0 Å². The predicted octanol–water partition coefficient (Wildman–Crippen LogP) is 1.33. The minimum absolute atomic E-state index is 0.0251. The minimum atomic E-state index is -3.56. The first-order chi connectivity index (χ1) is 12.9. The van der Waals surface area contributed by atoms with Crippen molar-refractivity contribution in [3.05, 3.63) is 48.3 Å². The van der Waals surface area contributed by atoms with Gasteiger partial charge in [-0.3, -0.25) is 14.1 Å². The van der Waals surface area contributed by atoms with E-state index < -0.39 is 10.0 Å². The van der Waals surface area contributed by atoms with E-state index in [4.69, 9.17) is 9.47 Å². The molecule has 2 aromatic rings. The number of ether oxygens (including phenoxy) is 2. The molecule has 9 heteroatoms. The summed E-state index contributed by atoms with van der Waals surface area (Å²) in [5.74, 6) is 0.825. The number of fused-ring (bicyclic) bond motifs is 1. The van der Waals surface area contributed by atoms with Gasteiger partial charge in [0.25, 0.3) is 0 Å². The average molecular weight is 391 g/mol. The standard InChI is InChI=1S/C18H21N3O5S/c1-27(23,24)21(15-4-5-16-17(11-15)26-10-9-25-16)8-6-18(22)20-13-14-3-2-7-19-12-14/h2-5,7,11-12H,6,8-10,13H2,1H3,(H,20,22). The first-order valence-corrected chi connectivity index (χ1v) is 10.3. The average Bonchev–Trinajstić information content (AvgIpc) is 2.66. The SMILES string of the molecule is CS(=O)(=O)N(CCC(=O)NCc1cccnc1)c1ccc2c(c1)OCCO2. The Balaban J connectivity index is 1.64. The van der Waals surface area contributed by atoms with Gasteiger partial charge in [0, 0.05) is 38.0 Å². The lowest BCUT2D eigenvalue weighted by Gasteiger charge is -2.25. The Bertz CT molecular complexity index is 902. The van der Waals surface area contributed by atoms with Gasteiger partial charge in [-0.15, -0.1) is 0 Å². The molecule has 27 heavy (non-hydrogen) atoms. The van der Waals surface area contributed by atoms with Gasteiger partial charge in [0.1, 0.15) is 13.2 Å². The van der Waals surface area contributed by atoms with Gasteiger partial charge in [-0.25, -0.2) is 8.42 Å². The Morgan fingerprint density at radius 3 is 2.70 bits per heavy atom. The topological polar surface area (TPSA) is 97.8 Å². The summed E-state index contributed by atoms with van der Waals surface area (Å²) in [6, 6.07) is 8.57. The number of nitrogens with one attached hydrogen (secondary N) is 1. The Hall–Kier alpha value is -2.81. The predicted molar refractivity (Wildman–Crippen MR) is 100 cm³/mol. The van der Waals surface area contributed by atoms with Crippen molar-refractivity contribution < 1.29 is 22.7 Å². The maximum atomic E-state index is 12.2. The molecule has 1 aromatic carbocycles. The molecule has 0 unspecified atom stereocenters. The molecule has 0 saturated heterocycles. The van der Waals surface area contributed by atoms with E-state index in [9.17, 15) is 13.2 Å². The van der Waals surface area contributed by atoms with E-state index in [1.807, 2.05) is 6.07 Å². The smallest absolute Gasteiger partial charge is 0.232 e. The number of nitrogens with zero attached hydrogens (tertiary/aromatic N) is 2. The van der Waals surface area contributed by atoms with Crippen LogP contribution in [-0.4, -0.2) is 45.3 Å². The van der Waals surface area contributed by atoms with Crippen LogP contribution < -0.4 is 19.1 Å². The summed E-state index contributed by atoms with van der Waals surface area (Å²) in [5, 5.41) is 2.76. The Labute approximate surface area is 158 Å². The molecule has 0 bridgehead atoms. The molecule has 3 rings (SSSR count). The second-order valence-corrected chi connectivity index (χ2v) is 7.96. The van der Waals surface area contributed by atoms with Crippen molar-refractivity contribution >= 4 is 21.6 Å². The van der Waals surface area contributed by atoms with Crippen LogP contribution in [0.4, 0.5) is 5.69 Å². The van der Waals surface area contributed by atoms with E-state index in [1.165, 1.54) is 4.31 Å². The molecule has 1 aliphatic rings. The number of sulfonamides is 1. The molecule has 0 saturated carbocycles. The highest BCUT2D eigenvalue weighted by Gasteiger charge is 2.21. The van der Waals surface area contributed by atoms with Crippen molar-refractivity contribution in [1.29, 1.82) is 0 Å². The van der Waals surface area contributed by atoms with Crippen LogP contribution in [0.1, 0.15) is 12.0 Å². The zero-order valence-electron chi connectivity index (χ0n) is 14.9. The summed E-state index contributed by atoms with van der Waals surface area (Å²) in [6.45, 7) is 1.23. The number of benzene rings is 1. The highest BCUT2D eigenvalue weighted by Crippen LogP contribution is 2.34. The van der Waals surface area contributed by atoms with Crippen LogP contribution in [0.25, 0.3) is 0 Å². The number of pyridine rings is 1. The maximum absolute atomic E-state index is 12.2. The third-order valence-electron chi connectivity index (χ3n) is 3.97. The van der Waals surface area contributed by atoms with Crippen molar-refractivity contribution in [2.45, 2.75) is 13.0 Å². The molecule has 1 aliphatic heterocycles. The van der Waals surface area contributed by atoms with Crippen molar-refractivity contribution in [2.75, 3.05) is 30.3 Å². The van der Waals surface area contributed by atoms with Crippen molar-refractivity contribution in [3.8, 4) is 11.5 Å². The van der Waals surface area contributed by atoms with E-state index in [0.717, 1.165) is 11.8 Å². The molecule has 8 nitrogen and oxygen atoms in total. The summed E-state index contributed by atoms with van der Waals surface area (Å²) in [5.41, 5.74) is 1.31. The zero-order valence-corrected chi connectivity index (χ0v) is 15.7. The number of hydrogen-bond donors (Lipinski definition) is 1. The Morgan fingerprint density at radius 2 is 2.00 bits per heavy atom. The van der Waals surface area contributed by atoms with Gasteiger partial charge in [-0.2, -0.15) is 0 Å². The molecule has 0 atom stereocenters. The lowest BCUT2D eigenvalue weighted by atomic mass is 10.2. The van der Waals surface area contributed by atoms with E-state index in [0.29, 0.717) is 36.9 Å².